The van der Waals surface area contributed by atoms with E-state index >= 15 is 0 Å². The van der Waals surface area contributed by atoms with Crippen molar-refractivity contribution in [2.24, 2.45) is 0 Å². The molecule has 0 spiro atoms. The number of pyridine rings is 1. The number of H-pyrrole nitrogens is 1. The van der Waals surface area contributed by atoms with Gasteiger partial charge in [0.15, 0.2) is 11.9 Å². The number of hydrogen-bond donors (Lipinski definition) is 1. The highest BCUT2D eigenvalue weighted by Crippen LogP contribution is 2.20. The number of ketones is 1. The average Bonchev–Trinajstić information content (AvgIpc) is 2.76. The molecular weight excluding hydrogens is 280 g/mol. The SMILES string of the molecule is CCOC(=O)c1c(C)[nH]c(C)c1C(=O)C[n+]1ccccc1C. The van der Waals surface area contributed by atoms with Gasteiger partial charge in [-0.2, -0.15) is 4.57 Å². The summed E-state index contributed by atoms with van der Waals surface area (Å²) in [4.78, 5) is 27.9. The van der Waals surface area contributed by atoms with Crippen molar-refractivity contribution in [3.05, 3.63) is 52.6 Å². The van der Waals surface area contributed by atoms with Gasteiger partial charge in [0, 0.05) is 30.4 Å². The largest absolute Gasteiger partial charge is 0.462 e. The molecule has 0 saturated carbocycles. The number of carbonyl (C=O) groups excluding carboxylic acids is 2. The standard InChI is InChI=1S/C17H20N2O3/c1-5-22-17(21)16-13(4)18-12(3)15(16)14(20)10-19-9-7-6-8-11(19)2/h6-9H,5,10H2,1-4H3/p+1. The van der Waals surface area contributed by atoms with Gasteiger partial charge < -0.3 is 9.72 Å². The van der Waals surface area contributed by atoms with Crippen molar-refractivity contribution < 1.29 is 18.9 Å². The smallest absolute Gasteiger partial charge is 0.340 e. The van der Waals surface area contributed by atoms with Gasteiger partial charge in [0.1, 0.15) is 0 Å². The summed E-state index contributed by atoms with van der Waals surface area (Å²) in [5, 5.41) is 0. The third-order valence-corrected chi connectivity index (χ3v) is 3.61. The lowest BCUT2D eigenvalue weighted by molar-refractivity contribution is -0.689. The van der Waals surface area contributed by atoms with Gasteiger partial charge in [0.05, 0.1) is 17.7 Å². The van der Waals surface area contributed by atoms with Crippen molar-refractivity contribution in [1.29, 1.82) is 0 Å². The number of aryl methyl sites for hydroxylation is 3. The third kappa shape index (κ3) is 3.08. The van der Waals surface area contributed by atoms with Gasteiger partial charge in [-0.3, -0.25) is 4.79 Å². The van der Waals surface area contributed by atoms with Crippen molar-refractivity contribution in [2.75, 3.05) is 6.61 Å². The van der Waals surface area contributed by atoms with E-state index in [4.69, 9.17) is 4.74 Å². The van der Waals surface area contributed by atoms with Crippen molar-refractivity contribution in [1.82, 2.24) is 4.98 Å². The molecule has 2 rings (SSSR count). The second-order valence-corrected chi connectivity index (χ2v) is 5.24. The number of rotatable bonds is 5. The first kappa shape index (κ1) is 15.9. The number of carbonyl (C=O) groups is 2. The molecule has 1 N–H and O–H groups in total. The molecule has 0 unspecified atom stereocenters. The first-order valence-corrected chi connectivity index (χ1v) is 7.30. The number of aromatic nitrogens is 2. The second-order valence-electron chi connectivity index (χ2n) is 5.24. The number of ether oxygens (including phenoxy) is 1. The Balaban J connectivity index is 2.38. The van der Waals surface area contributed by atoms with Crippen LogP contribution in [0.5, 0.6) is 0 Å². The molecule has 0 aliphatic carbocycles. The van der Waals surface area contributed by atoms with Crippen LogP contribution < -0.4 is 4.57 Å². The van der Waals surface area contributed by atoms with E-state index in [2.05, 4.69) is 4.98 Å². The van der Waals surface area contributed by atoms with Gasteiger partial charge in [-0.05, 0) is 20.8 Å². The molecular formula is C17H21N2O3+. The zero-order chi connectivity index (χ0) is 16.3. The molecule has 0 aromatic carbocycles. The van der Waals surface area contributed by atoms with Crippen LogP contribution in [0, 0.1) is 20.8 Å². The van der Waals surface area contributed by atoms with Gasteiger partial charge in [-0.25, -0.2) is 4.79 Å². The summed E-state index contributed by atoms with van der Waals surface area (Å²) in [5.74, 6) is -0.563. The molecule has 0 amide bonds. The van der Waals surface area contributed by atoms with Crippen LogP contribution in [-0.4, -0.2) is 23.3 Å². The molecule has 0 saturated heterocycles. The van der Waals surface area contributed by atoms with Gasteiger partial charge in [0.25, 0.3) is 0 Å². The van der Waals surface area contributed by atoms with Crippen LogP contribution >= 0.6 is 0 Å². The monoisotopic (exact) mass is 301 g/mol. The van der Waals surface area contributed by atoms with Crippen LogP contribution in [-0.2, 0) is 11.3 Å². The molecule has 22 heavy (non-hydrogen) atoms. The molecule has 0 aliphatic rings. The number of aromatic amines is 1. The van der Waals surface area contributed by atoms with Crippen LogP contribution in [0.3, 0.4) is 0 Å². The molecule has 0 fully saturated rings. The van der Waals surface area contributed by atoms with Crippen molar-refractivity contribution >= 4 is 11.8 Å². The Morgan fingerprint density at radius 3 is 2.45 bits per heavy atom. The van der Waals surface area contributed by atoms with E-state index in [-0.39, 0.29) is 18.9 Å². The van der Waals surface area contributed by atoms with Gasteiger partial charge in [-0.1, -0.05) is 6.07 Å². The Labute approximate surface area is 129 Å². The van der Waals surface area contributed by atoms with Crippen molar-refractivity contribution in [3.63, 3.8) is 0 Å². The number of Topliss-reactive ketones (excluding diaryl/α,β-unsaturated/α-hetero) is 1. The summed E-state index contributed by atoms with van der Waals surface area (Å²) < 4.78 is 6.93. The van der Waals surface area contributed by atoms with Crippen LogP contribution in [0.4, 0.5) is 0 Å². The van der Waals surface area contributed by atoms with E-state index < -0.39 is 5.97 Å². The zero-order valence-electron chi connectivity index (χ0n) is 13.4. The molecule has 5 nitrogen and oxygen atoms in total. The molecule has 116 valence electrons. The Bertz CT molecular complexity index is 717. The molecule has 2 aromatic rings. The minimum Gasteiger partial charge on any atom is -0.462 e. The van der Waals surface area contributed by atoms with Gasteiger partial charge in [-0.15, -0.1) is 0 Å². The lowest BCUT2D eigenvalue weighted by atomic mass is 10.0. The first-order valence-electron chi connectivity index (χ1n) is 7.30. The van der Waals surface area contributed by atoms with E-state index in [1.165, 1.54) is 0 Å². The lowest BCUT2D eigenvalue weighted by Crippen LogP contribution is -2.40. The number of hydrogen-bond acceptors (Lipinski definition) is 3. The average molecular weight is 301 g/mol. The van der Waals surface area contributed by atoms with Gasteiger partial charge >= 0.3 is 5.97 Å². The predicted molar refractivity (Wildman–Crippen MR) is 81.9 cm³/mol. The summed E-state index contributed by atoms with van der Waals surface area (Å²) in [6.07, 6.45) is 1.85. The topological polar surface area (TPSA) is 63.0 Å². The van der Waals surface area contributed by atoms with Crippen LogP contribution in [0.2, 0.25) is 0 Å². The Kier molecular flexibility index (Phi) is 4.75. The minimum atomic E-state index is -0.456. The molecule has 0 bridgehead atoms. The maximum atomic E-state index is 12.7. The van der Waals surface area contributed by atoms with E-state index in [1.54, 1.807) is 20.8 Å². The summed E-state index contributed by atoms with van der Waals surface area (Å²) in [5.41, 5.74) is 3.11. The number of esters is 1. The number of nitrogens with zero attached hydrogens (tertiary/aromatic N) is 1. The van der Waals surface area contributed by atoms with E-state index in [0.717, 1.165) is 5.69 Å². The highest BCUT2D eigenvalue weighted by molar-refractivity contribution is 6.07. The fraction of sp³-hybridized carbons (Fsp3) is 0.353. The molecule has 0 aliphatic heterocycles. The summed E-state index contributed by atoms with van der Waals surface area (Å²) >= 11 is 0. The van der Waals surface area contributed by atoms with E-state index in [1.807, 2.05) is 35.9 Å². The van der Waals surface area contributed by atoms with Crippen molar-refractivity contribution in [3.8, 4) is 0 Å². The highest BCUT2D eigenvalue weighted by atomic mass is 16.5. The predicted octanol–water partition coefficient (Wildman–Crippen LogP) is 2.29. The minimum absolute atomic E-state index is 0.107. The summed E-state index contributed by atoms with van der Waals surface area (Å²) in [6.45, 7) is 7.73. The Hall–Kier alpha value is -2.43. The summed E-state index contributed by atoms with van der Waals surface area (Å²) in [6, 6.07) is 5.74. The highest BCUT2D eigenvalue weighted by Gasteiger charge is 2.27. The fourth-order valence-electron chi connectivity index (χ4n) is 2.56. The first-order chi connectivity index (χ1) is 10.5. The molecule has 0 atom stereocenters. The molecule has 5 heteroatoms. The lowest BCUT2D eigenvalue weighted by Gasteiger charge is -2.05. The Morgan fingerprint density at radius 2 is 1.82 bits per heavy atom. The Morgan fingerprint density at radius 1 is 1.14 bits per heavy atom. The van der Waals surface area contributed by atoms with Crippen LogP contribution in [0.1, 0.15) is 44.7 Å². The van der Waals surface area contributed by atoms with E-state index in [0.29, 0.717) is 22.5 Å². The van der Waals surface area contributed by atoms with Crippen LogP contribution in [0.25, 0.3) is 0 Å². The zero-order valence-corrected chi connectivity index (χ0v) is 13.4. The maximum absolute atomic E-state index is 12.7. The van der Waals surface area contributed by atoms with E-state index in [9.17, 15) is 9.59 Å². The fourth-order valence-corrected chi connectivity index (χ4v) is 2.56. The third-order valence-electron chi connectivity index (χ3n) is 3.61. The quantitative estimate of drug-likeness (QED) is 0.523. The maximum Gasteiger partial charge on any atom is 0.340 e. The normalized spacial score (nSPS) is 10.5. The molecule has 2 aromatic heterocycles. The second kappa shape index (κ2) is 6.56. The van der Waals surface area contributed by atoms with Crippen LogP contribution in [0.15, 0.2) is 24.4 Å². The van der Waals surface area contributed by atoms with Gasteiger partial charge in [0.2, 0.25) is 12.3 Å². The van der Waals surface area contributed by atoms with Crippen molar-refractivity contribution in [2.45, 2.75) is 34.2 Å². The number of nitrogens with one attached hydrogen (secondary N) is 1. The molecule has 2 heterocycles. The molecule has 0 radical (unpaired) electrons. The summed E-state index contributed by atoms with van der Waals surface area (Å²) in [7, 11) is 0.